The molecule has 8 aromatic rings. The highest BCUT2D eigenvalue weighted by atomic mass is 35.5. The number of urea groups is 3. The number of amides is 6. The Kier molecular flexibility index (Phi) is 31.3. The van der Waals surface area contributed by atoms with Crippen LogP contribution in [-0.2, 0) is 56.3 Å². The lowest BCUT2D eigenvalue weighted by Crippen LogP contribution is -2.48. The van der Waals surface area contributed by atoms with Crippen LogP contribution in [0.5, 0.6) is 0 Å². The van der Waals surface area contributed by atoms with Crippen LogP contribution < -0.4 is 25.8 Å². The zero-order valence-corrected chi connectivity index (χ0v) is 66.4. The Morgan fingerprint density at radius 3 is 1.35 bits per heavy atom. The molecule has 5 aliphatic rings. The molecule has 0 saturated carbocycles. The van der Waals surface area contributed by atoms with Crippen molar-refractivity contribution >= 4 is 75.5 Å². The molecule has 0 radical (unpaired) electrons. The van der Waals surface area contributed by atoms with Crippen LogP contribution >= 0.6 is 23.2 Å². The fourth-order valence-electron chi connectivity index (χ4n) is 15.6. The van der Waals surface area contributed by atoms with E-state index >= 15 is 0 Å². The molecule has 15 nitrogen and oxygen atoms in total. The molecule has 610 valence electrons. The second-order valence-corrected chi connectivity index (χ2v) is 31.0. The molecule has 0 aromatic heterocycles. The summed E-state index contributed by atoms with van der Waals surface area (Å²) in [6.45, 7) is 14.9. The summed E-state index contributed by atoms with van der Waals surface area (Å²) in [6, 6.07) is 52.1. The van der Waals surface area contributed by atoms with Gasteiger partial charge in [0.05, 0.1) is 21.2 Å². The maximum Gasteiger partial charge on any atom is 0.416 e. The average molecular weight is 1620 g/mol. The minimum absolute atomic E-state index is 0.0802. The molecule has 8 aromatic carbocycles. The summed E-state index contributed by atoms with van der Waals surface area (Å²) >= 11 is 12.2. The van der Waals surface area contributed by atoms with Gasteiger partial charge in [0.15, 0.2) is 0 Å². The third kappa shape index (κ3) is 25.9. The fraction of sp³-hybridized carbons (Fsp3) is 0.400. The number of Topliss-reactive ketones (excluding diaryl/α,β-unsaturated/α-hetero) is 1. The Balaban J connectivity index is 0.000000170. The Hall–Kier alpha value is -9.70. The number of hydrogen-bond donors (Lipinski definition) is 3. The fourth-order valence-corrected chi connectivity index (χ4v) is 15.9. The topological polar surface area (TPSA) is 130 Å². The second kappa shape index (κ2) is 41.7. The van der Waals surface area contributed by atoms with Crippen molar-refractivity contribution in [3.63, 3.8) is 0 Å². The SMILES string of the molecule is C#CCCCN1CCC(N(Cc2ccccc2CC(=O)CC)C(=O)Nc2ccc(Cl)c(Cl)c2)CC1.O=C(Nc1cc(F)cc(C(F)(F)F)c1)N(Cc1ccccc1)C1CCN(Cc2ccc(N3CCCC3)cc2)CC1.O=C(Nc1cc(F)cc(C(F)(F)F)c1)N(Cc1ccccc1)C1CCN(Cc2cccc(N3CCCC3)c2)CC1. The lowest BCUT2D eigenvalue weighted by atomic mass is 9.98. The highest BCUT2D eigenvalue weighted by molar-refractivity contribution is 6.42. The summed E-state index contributed by atoms with van der Waals surface area (Å²) in [5, 5.41) is 8.87. The third-order valence-corrected chi connectivity index (χ3v) is 22.7. The van der Waals surface area contributed by atoms with E-state index in [0.29, 0.717) is 60.3 Å². The van der Waals surface area contributed by atoms with E-state index in [9.17, 15) is 54.3 Å². The highest BCUT2D eigenvalue weighted by Crippen LogP contribution is 2.36. The summed E-state index contributed by atoms with van der Waals surface area (Å²) in [5.74, 6) is 0.777. The number of anilines is 5. The lowest BCUT2D eigenvalue weighted by molar-refractivity contribution is -0.138. The molecule has 3 N–H and O–H groups in total. The first-order chi connectivity index (χ1) is 55.4. The molecule has 25 heteroatoms. The predicted octanol–water partition coefficient (Wildman–Crippen LogP) is 20.7. The van der Waals surface area contributed by atoms with Crippen molar-refractivity contribution in [1.82, 2.24) is 29.4 Å². The molecule has 13 rings (SSSR count). The number of likely N-dealkylation sites (tertiary alicyclic amines) is 3. The van der Waals surface area contributed by atoms with Crippen molar-refractivity contribution < 1.29 is 54.3 Å². The summed E-state index contributed by atoms with van der Waals surface area (Å²) < 4.78 is 107. The van der Waals surface area contributed by atoms with Gasteiger partial charge in [0.25, 0.3) is 0 Å². The van der Waals surface area contributed by atoms with Gasteiger partial charge in [-0.3, -0.25) is 14.6 Å². The van der Waals surface area contributed by atoms with E-state index in [1.165, 1.54) is 48.2 Å². The molecule has 5 aliphatic heterocycles. The number of nitrogens with zero attached hydrogens (tertiary/aromatic N) is 8. The number of hydrogen-bond acceptors (Lipinski definition) is 9. The summed E-state index contributed by atoms with van der Waals surface area (Å²) in [6.07, 6.45) is 8.20. The Bertz CT molecular complexity index is 4520. The van der Waals surface area contributed by atoms with E-state index in [-0.39, 0.29) is 41.3 Å². The number of benzene rings is 8. The number of rotatable bonds is 24. The number of ketones is 1. The maximum atomic E-state index is 14.0. The highest BCUT2D eigenvalue weighted by Gasteiger charge is 2.36. The molecule has 0 aliphatic carbocycles. The molecule has 115 heavy (non-hydrogen) atoms. The summed E-state index contributed by atoms with van der Waals surface area (Å²) in [7, 11) is 0. The van der Waals surface area contributed by atoms with Crippen LogP contribution in [0.2, 0.25) is 10.0 Å². The molecule has 6 amide bonds. The number of piperidine rings is 3. The molecule has 5 saturated heterocycles. The van der Waals surface area contributed by atoms with Crippen molar-refractivity contribution in [2.24, 2.45) is 0 Å². The zero-order chi connectivity index (χ0) is 81.4. The monoisotopic (exact) mass is 1620 g/mol. The van der Waals surface area contributed by atoms with Crippen molar-refractivity contribution in [2.75, 3.05) is 97.7 Å². The number of terminal acetylenes is 1. The first kappa shape index (κ1) is 86.2. The number of halogens is 10. The van der Waals surface area contributed by atoms with Crippen LogP contribution in [0.1, 0.15) is 135 Å². The van der Waals surface area contributed by atoms with Crippen LogP contribution in [-0.4, -0.2) is 143 Å². The molecule has 0 unspecified atom stereocenters. The van der Waals surface area contributed by atoms with Gasteiger partial charge in [-0.2, -0.15) is 26.3 Å². The van der Waals surface area contributed by atoms with Gasteiger partial charge in [0.1, 0.15) is 17.4 Å². The molecule has 0 bridgehead atoms. The predicted molar refractivity (Wildman–Crippen MR) is 441 cm³/mol. The van der Waals surface area contributed by atoms with Crippen molar-refractivity contribution in [2.45, 2.75) is 160 Å². The molecule has 5 fully saturated rings. The Morgan fingerprint density at radius 2 is 0.878 bits per heavy atom. The number of carbonyl (C=O) groups is 4. The van der Waals surface area contributed by atoms with Crippen LogP contribution in [0.15, 0.2) is 188 Å². The van der Waals surface area contributed by atoms with Gasteiger partial charge in [-0.05, 0) is 189 Å². The molecule has 0 atom stereocenters. The quantitative estimate of drug-likeness (QED) is 0.0308. The van der Waals surface area contributed by atoms with E-state index in [0.717, 1.165) is 183 Å². The van der Waals surface area contributed by atoms with E-state index in [4.69, 9.17) is 29.6 Å². The van der Waals surface area contributed by atoms with Gasteiger partial charge < -0.3 is 45.3 Å². The first-order valence-electron chi connectivity index (χ1n) is 39.8. The van der Waals surface area contributed by atoms with Gasteiger partial charge in [-0.25, -0.2) is 23.2 Å². The Labute approximate surface area is 679 Å². The van der Waals surface area contributed by atoms with Gasteiger partial charge in [0, 0.05) is 164 Å². The van der Waals surface area contributed by atoms with Crippen LogP contribution in [0, 0.1) is 24.0 Å². The zero-order valence-electron chi connectivity index (χ0n) is 64.9. The standard InChI is InChI=1S/2C31H34F4N4O.C28H33Cl2N3O2/c32-26-18-25(31(33,34)35)19-27(20-26)36-30(40)39(22-23-7-2-1-3-8-23)28-11-15-37(16-12-28)21-24-9-6-10-29(17-24)38-13-4-5-14-38;32-26-18-25(31(33,34)35)19-27(20-26)36-30(40)39(22-23-6-2-1-3-7-23)29-12-16-37(17-13-29)21-24-8-10-28(11-9-24)38-14-4-5-15-38;1-3-5-8-15-32-16-13-24(14-17-32)33(28(35)31-23-11-12-26(29)27(30)19-23)20-22-10-7-6-9-21(22)18-25(34)4-2/h1-3,6-10,17-20,28H,4-5,11-16,21-22H2,(H,36,40);1-3,6-11,18-20,29H,4-5,12-17,21-22H2,(H,36,40);1,6-7,9-12,19,24H,4-5,8,13-18,20H2,2H3,(H,31,35). The molecular formula is C90H101Cl2F8N11O4. The van der Waals surface area contributed by atoms with Gasteiger partial charge in [0.2, 0.25) is 0 Å². The minimum Gasteiger partial charge on any atom is -0.372 e. The van der Waals surface area contributed by atoms with Crippen molar-refractivity contribution in [1.29, 1.82) is 0 Å². The second-order valence-electron chi connectivity index (χ2n) is 30.2. The van der Waals surface area contributed by atoms with Crippen LogP contribution in [0.4, 0.5) is 77.9 Å². The van der Waals surface area contributed by atoms with Crippen LogP contribution in [0.3, 0.4) is 0 Å². The molecule has 5 heterocycles. The largest absolute Gasteiger partial charge is 0.416 e. The maximum absolute atomic E-state index is 14.0. The number of unbranched alkanes of at least 4 members (excludes halogenated alkanes) is 1. The average Bonchev–Trinajstić information content (AvgIpc) is 1.83. The van der Waals surface area contributed by atoms with Crippen molar-refractivity contribution in [3.8, 4) is 12.3 Å². The van der Waals surface area contributed by atoms with Crippen LogP contribution in [0.25, 0.3) is 0 Å². The van der Waals surface area contributed by atoms with Gasteiger partial charge in [-0.1, -0.05) is 139 Å². The molecule has 0 spiro atoms. The molecular weight excluding hydrogens is 1520 g/mol. The number of carbonyl (C=O) groups excluding carboxylic acids is 4. The normalized spacial score (nSPS) is 16.0. The van der Waals surface area contributed by atoms with E-state index in [1.54, 1.807) is 28.0 Å². The van der Waals surface area contributed by atoms with E-state index in [2.05, 4.69) is 94.9 Å². The van der Waals surface area contributed by atoms with E-state index in [1.807, 2.05) is 96.8 Å². The summed E-state index contributed by atoms with van der Waals surface area (Å²) in [4.78, 5) is 69.7. The minimum atomic E-state index is -4.72. The van der Waals surface area contributed by atoms with Gasteiger partial charge >= 0.3 is 30.4 Å². The number of alkyl halides is 6. The Morgan fingerprint density at radius 1 is 0.443 bits per heavy atom. The lowest BCUT2D eigenvalue weighted by Gasteiger charge is -2.39. The third-order valence-electron chi connectivity index (χ3n) is 21.9. The smallest absolute Gasteiger partial charge is 0.372 e. The van der Waals surface area contributed by atoms with Crippen molar-refractivity contribution in [3.05, 3.63) is 254 Å². The summed E-state index contributed by atoms with van der Waals surface area (Å²) in [5.41, 5.74) is 6.70. The van der Waals surface area contributed by atoms with E-state index < -0.39 is 47.2 Å². The first-order valence-corrected chi connectivity index (χ1v) is 40.5. The van der Waals surface area contributed by atoms with Gasteiger partial charge in [-0.15, -0.1) is 12.3 Å². The number of nitrogens with one attached hydrogen (secondary N) is 3.